The third-order valence-corrected chi connectivity index (χ3v) is 2.82. The standard InChI is InChI=1S/C13H20BrNO/c1-13(2,16)10-15(3)8-7-11-5-4-6-12(14)9-11/h4-6,9,16H,7-8,10H2,1-3H3. The summed E-state index contributed by atoms with van der Waals surface area (Å²) in [6.07, 6.45) is 1.01. The molecule has 0 heterocycles. The summed E-state index contributed by atoms with van der Waals surface area (Å²) in [6, 6.07) is 8.35. The zero-order chi connectivity index (χ0) is 12.2. The Kier molecular flexibility index (Phi) is 4.96. The van der Waals surface area contributed by atoms with Crippen LogP contribution in [0.2, 0.25) is 0 Å². The van der Waals surface area contributed by atoms with Gasteiger partial charge in [-0.25, -0.2) is 0 Å². The van der Waals surface area contributed by atoms with Crippen LogP contribution in [-0.4, -0.2) is 35.7 Å². The molecule has 0 bridgehead atoms. The molecule has 1 N–H and O–H groups in total. The lowest BCUT2D eigenvalue weighted by atomic mass is 10.1. The summed E-state index contributed by atoms with van der Waals surface area (Å²) in [5.41, 5.74) is 0.698. The molecule has 0 aliphatic rings. The average molecular weight is 286 g/mol. The summed E-state index contributed by atoms with van der Waals surface area (Å²) in [5.74, 6) is 0. The number of benzene rings is 1. The van der Waals surface area contributed by atoms with Crippen LogP contribution in [0.5, 0.6) is 0 Å². The van der Waals surface area contributed by atoms with Crippen molar-refractivity contribution >= 4 is 15.9 Å². The topological polar surface area (TPSA) is 23.5 Å². The van der Waals surface area contributed by atoms with E-state index in [1.807, 2.05) is 27.0 Å². The van der Waals surface area contributed by atoms with E-state index in [1.165, 1.54) is 5.56 Å². The molecule has 0 aliphatic carbocycles. The Morgan fingerprint density at radius 2 is 2.06 bits per heavy atom. The first kappa shape index (κ1) is 13.7. The Hall–Kier alpha value is -0.380. The van der Waals surface area contributed by atoms with Crippen molar-refractivity contribution in [1.82, 2.24) is 4.90 Å². The second kappa shape index (κ2) is 5.80. The number of hydrogen-bond donors (Lipinski definition) is 1. The van der Waals surface area contributed by atoms with Crippen molar-refractivity contribution in [1.29, 1.82) is 0 Å². The van der Waals surface area contributed by atoms with Crippen LogP contribution < -0.4 is 0 Å². The van der Waals surface area contributed by atoms with E-state index in [0.29, 0.717) is 6.54 Å². The molecular formula is C13H20BrNO. The van der Waals surface area contributed by atoms with Gasteiger partial charge in [0.05, 0.1) is 5.60 Å². The predicted octanol–water partition coefficient (Wildman–Crippen LogP) is 2.69. The molecule has 0 aromatic heterocycles. The van der Waals surface area contributed by atoms with Crippen molar-refractivity contribution in [3.8, 4) is 0 Å². The highest BCUT2D eigenvalue weighted by atomic mass is 79.9. The van der Waals surface area contributed by atoms with Gasteiger partial charge in [0.15, 0.2) is 0 Å². The molecule has 1 aromatic rings. The average Bonchev–Trinajstić information content (AvgIpc) is 2.12. The van der Waals surface area contributed by atoms with Gasteiger partial charge in [-0.15, -0.1) is 0 Å². The van der Waals surface area contributed by atoms with E-state index in [-0.39, 0.29) is 0 Å². The highest BCUT2D eigenvalue weighted by Gasteiger charge is 2.14. The van der Waals surface area contributed by atoms with Gasteiger partial charge in [0.2, 0.25) is 0 Å². The van der Waals surface area contributed by atoms with Crippen LogP contribution in [0.4, 0.5) is 0 Å². The zero-order valence-electron chi connectivity index (χ0n) is 10.2. The van der Waals surface area contributed by atoms with Crippen molar-refractivity contribution in [3.05, 3.63) is 34.3 Å². The molecule has 16 heavy (non-hydrogen) atoms. The number of nitrogens with zero attached hydrogens (tertiary/aromatic N) is 1. The van der Waals surface area contributed by atoms with Gasteiger partial charge in [-0.1, -0.05) is 28.1 Å². The monoisotopic (exact) mass is 285 g/mol. The van der Waals surface area contributed by atoms with Gasteiger partial charge in [0.25, 0.3) is 0 Å². The predicted molar refractivity (Wildman–Crippen MR) is 71.6 cm³/mol. The lowest BCUT2D eigenvalue weighted by molar-refractivity contribution is 0.0450. The zero-order valence-corrected chi connectivity index (χ0v) is 11.8. The van der Waals surface area contributed by atoms with E-state index < -0.39 is 5.60 Å². The summed E-state index contributed by atoms with van der Waals surface area (Å²) >= 11 is 3.46. The second-order valence-electron chi connectivity index (χ2n) is 4.93. The van der Waals surface area contributed by atoms with E-state index in [1.54, 1.807) is 0 Å². The molecule has 0 radical (unpaired) electrons. The van der Waals surface area contributed by atoms with Crippen molar-refractivity contribution in [2.45, 2.75) is 25.9 Å². The summed E-state index contributed by atoms with van der Waals surface area (Å²) in [6.45, 7) is 5.33. The normalized spacial score (nSPS) is 12.1. The van der Waals surface area contributed by atoms with Gasteiger partial charge in [0.1, 0.15) is 0 Å². The number of rotatable bonds is 5. The lowest BCUT2D eigenvalue weighted by Crippen LogP contribution is -2.37. The Bertz CT molecular complexity index is 333. The van der Waals surface area contributed by atoms with E-state index in [4.69, 9.17) is 0 Å². The van der Waals surface area contributed by atoms with Crippen LogP contribution in [0.3, 0.4) is 0 Å². The molecule has 0 saturated carbocycles. The number of aliphatic hydroxyl groups is 1. The van der Waals surface area contributed by atoms with Gasteiger partial charge in [-0.05, 0) is 45.0 Å². The molecule has 0 amide bonds. The first-order valence-electron chi connectivity index (χ1n) is 5.52. The highest BCUT2D eigenvalue weighted by Crippen LogP contribution is 2.12. The van der Waals surface area contributed by atoms with Crippen LogP contribution in [0.25, 0.3) is 0 Å². The number of hydrogen-bond acceptors (Lipinski definition) is 2. The molecule has 3 heteroatoms. The molecule has 0 saturated heterocycles. The van der Waals surface area contributed by atoms with Gasteiger partial charge in [-0.2, -0.15) is 0 Å². The van der Waals surface area contributed by atoms with E-state index in [0.717, 1.165) is 17.4 Å². The Morgan fingerprint density at radius 1 is 1.38 bits per heavy atom. The van der Waals surface area contributed by atoms with Gasteiger partial charge in [-0.3, -0.25) is 0 Å². The quantitative estimate of drug-likeness (QED) is 0.899. The maximum atomic E-state index is 9.68. The first-order chi connectivity index (χ1) is 7.37. The SMILES string of the molecule is CN(CCc1cccc(Br)c1)CC(C)(C)O. The molecule has 0 unspecified atom stereocenters. The third kappa shape index (κ3) is 5.64. The fraction of sp³-hybridized carbons (Fsp3) is 0.538. The van der Waals surface area contributed by atoms with Crippen molar-refractivity contribution in [3.63, 3.8) is 0 Å². The minimum absolute atomic E-state index is 0.619. The molecule has 0 spiro atoms. The Balaban J connectivity index is 2.40. The van der Waals surface area contributed by atoms with Gasteiger partial charge < -0.3 is 10.0 Å². The van der Waals surface area contributed by atoms with Crippen LogP contribution in [0.15, 0.2) is 28.7 Å². The van der Waals surface area contributed by atoms with Crippen molar-refractivity contribution in [2.75, 3.05) is 20.1 Å². The minimum Gasteiger partial charge on any atom is -0.389 e. The third-order valence-electron chi connectivity index (χ3n) is 2.33. The van der Waals surface area contributed by atoms with E-state index in [2.05, 4.69) is 39.0 Å². The molecular weight excluding hydrogens is 266 g/mol. The molecule has 0 fully saturated rings. The largest absolute Gasteiger partial charge is 0.389 e. The summed E-state index contributed by atoms with van der Waals surface area (Å²) in [4.78, 5) is 2.15. The molecule has 90 valence electrons. The molecule has 0 atom stereocenters. The van der Waals surface area contributed by atoms with Crippen LogP contribution in [-0.2, 0) is 6.42 Å². The van der Waals surface area contributed by atoms with Crippen LogP contribution >= 0.6 is 15.9 Å². The summed E-state index contributed by atoms with van der Waals surface area (Å²) in [7, 11) is 2.04. The van der Waals surface area contributed by atoms with Crippen LogP contribution in [0, 0.1) is 0 Å². The Morgan fingerprint density at radius 3 is 2.62 bits per heavy atom. The minimum atomic E-state index is -0.619. The van der Waals surface area contributed by atoms with Gasteiger partial charge in [0, 0.05) is 17.6 Å². The maximum Gasteiger partial charge on any atom is 0.0718 e. The summed E-state index contributed by atoms with van der Waals surface area (Å²) in [5, 5.41) is 9.68. The van der Waals surface area contributed by atoms with Crippen molar-refractivity contribution in [2.24, 2.45) is 0 Å². The van der Waals surface area contributed by atoms with Crippen LogP contribution in [0.1, 0.15) is 19.4 Å². The fourth-order valence-corrected chi connectivity index (χ4v) is 2.20. The highest BCUT2D eigenvalue weighted by molar-refractivity contribution is 9.10. The molecule has 0 aliphatic heterocycles. The smallest absolute Gasteiger partial charge is 0.0718 e. The van der Waals surface area contributed by atoms with E-state index in [9.17, 15) is 5.11 Å². The fourth-order valence-electron chi connectivity index (χ4n) is 1.75. The number of likely N-dealkylation sites (N-methyl/N-ethyl adjacent to an activating group) is 1. The molecule has 1 rings (SSSR count). The number of halogens is 1. The Labute approximate surface area is 106 Å². The van der Waals surface area contributed by atoms with Gasteiger partial charge >= 0.3 is 0 Å². The first-order valence-corrected chi connectivity index (χ1v) is 6.31. The second-order valence-corrected chi connectivity index (χ2v) is 5.85. The molecule has 1 aromatic carbocycles. The lowest BCUT2D eigenvalue weighted by Gasteiger charge is -2.25. The molecule has 2 nitrogen and oxygen atoms in total. The maximum absolute atomic E-state index is 9.68. The summed E-state index contributed by atoms with van der Waals surface area (Å²) < 4.78 is 1.12. The van der Waals surface area contributed by atoms with Crippen molar-refractivity contribution < 1.29 is 5.11 Å². The van der Waals surface area contributed by atoms with E-state index >= 15 is 0 Å².